The van der Waals surface area contributed by atoms with E-state index in [4.69, 9.17) is 5.73 Å². The van der Waals surface area contributed by atoms with Gasteiger partial charge in [0.25, 0.3) is 0 Å². The van der Waals surface area contributed by atoms with Gasteiger partial charge in [-0.25, -0.2) is 0 Å². The molecule has 0 saturated heterocycles. The summed E-state index contributed by atoms with van der Waals surface area (Å²) < 4.78 is 1.73. The Balaban J connectivity index is 2.49. The third kappa shape index (κ3) is 3.34. The lowest BCUT2D eigenvalue weighted by atomic mass is 10.1. The van der Waals surface area contributed by atoms with Crippen LogP contribution in [0.3, 0.4) is 0 Å². The van der Waals surface area contributed by atoms with Crippen molar-refractivity contribution in [3.05, 3.63) is 35.5 Å². The molecule has 0 saturated carbocycles. The molecule has 0 fully saturated rings. The molecular weight excluding hydrogens is 262 g/mol. The zero-order valence-electron chi connectivity index (χ0n) is 13.4. The van der Waals surface area contributed by atoms with Crippen LogP contribution in [-0.2, 0) is 6.42 Å². The molecule has 0 aliphatic carbocycles. The average molecular weight is 287 g/mol. The first-order valence-corrected chi connectivity index (χ1v) is 7.49. The van der Waals surface area contributed by atoms with Gasteiger partial charge in [0, 0.05) is 18.1 Å². The van der Waals surface area contributed by atoms with Crippen molar-refractivity contribution in [2.75, 3.05) is 20.6 Å². The van der Waals surface area contributed by atoms with Crippen molar-refractivity contribution in [3.63, 3.8) is 0 Å². The Bertz CT molecular complexity index is 643. The molecule has 0 bridgehead atoms. The topological polar surface area (TPSA) is 51.3 Å². The molecule has 114 valence electrons. The summed E-state index contributed by atoms with van der Waals surface area (Å²) >= 11 is 0. The van der Waals surface area contributed by atoms with E-state index in [1.807, 2.05) is 25.3 Å². The Morgan fingerprint density at radius 3 is 2.71 bits per heavy atom. The molecular formula is C17H25N3O. The largest absolute Gasteiger partial charge is 0.320 e. The molecule has 21 heavy (non-hydrogen) atoms. The van der Waals surface area contributed by atoms with E-state index in [1.165, 1.54) is 11.1 Å². The van der Waals surface area contributed by atoms with Crippen LogP contribution in [0.25, 0.3) is 10.9 Å². The molecule has 0 amide bonds. The van der Waals surface area contributed by atoms with Gasteiger partial charge in [-0.05, 0) is 51.6 Å². The number of carbonyl (C=O) groups is 1. The summed E-state index contributed by atoms with van der Waals surface area (Å²) in [6, 6.07) is 5.77. The number of likely N-dealkylation sites (N-methyl/N-ethyl adjacent to an activating group) is 1. The summed E-state index contributed by atoms with van der Waals surface area (Å²) in [5, 5.41) is 1.16. The normalized spacial score (nSPS) is 13.0. The predicted octanol–water partition coefficient (Wildman–Crippen LogP) is 2.43. The third-order valence-corrected chi connectivity index (χ3v) is 3.87. The van der Waals surface area contributed by atoms with Gasteiger partial charge >= 0.3 is 0 Å². The van der Waals surface area contributed by atoms with Crippen LogP contribution in [0, 0.1) is 6.92 Å². The number of hydrogen-bond acceptors (Lipinski definition) is 3. The number of hydrogen-bond donors (Lipinski definition) is 1. The quantitative estimate of drug-likeness (QED) is 0.919. The standard InChI is InChI=1S/C17H25N3O/c1-5-15(18)17(21)20-11-13(8-9-19(3)4)14-10-12(2)6-7-16(14)20/h6-7,10-11,15H,5,8-9,18H2,1-4H3. The highest BCUT2D eigenvalue weighted by Crippen LogP contribution is 2.24. The van der Waals surface area contributed by atoms with Crippen molar-refractivity contribution in [2.45, 2.75) is 32.7 Å². The smallest absolute Gasteiger partial charge is 0.247 e. The number of rotatable bonds is 5. The van der Waals surface area contributed by atoms with Crippen LogP contribution in [0.1, 0.15) is 29.3 Å². The van der Waals surface area contributed by atoms with Crippen LogP contribution in [0.4, 0.5) is 0 Å². The Morgan fingerprint density at radius 1 is 1.38 bits per heavy atom. The number of nitrogens with zero attached hydrogens (tertiary/aromatic N) is 2. The van der Waals surface area contributed by atoms with Gasteiger partial charge < -0.3 is 10.6 Å². The fourth-order valence-corrected chi connectivity index (χ4v) is 2.49. The lowest BCUT2D eigenvalue weighted by Gasteiger charge is -2.09. The van der Waals surface area contributed by atoms with Crippen LogP contribution in [-0.4, -0.2) is 42.1 Å². The Labute approximate surface area is 126 Å². The molecule has 0 spiro atoms. The van der Waals surface area contributed by atoms with Gasteiger partial charge in [-0.3, -0.25) is 9.36 Å². The first-order chi connectivity index (χ1) is 9.93. The van der Waals surface area contributed by atoms with E-state index < -0.39 is 6.04 Å². The zero-order valence-corrected chi connectivity index (χ0v) is 13.4. The van der Waals surface area contributed by atoms with Crippen LogP contribution in [0.15, 0.2) is 24.4 Å². The van der Waals surface area contributed by atoms with E-state index in [1.54, 1.807) is 4.57 Å². The van der Waals surface area contributed by atoms with E-state index in [0.717, 1.165) is 23.9 Å². The first kappa shape index (κ1) is 15.7. The van der Waals surface area contributed by atoms with Gasteiger partial charge in [-0.1, -0.05) is 18.6 Å². The molecule has 1 aromatic carbocycles. The van der Waals surface area contributed by atoms with Crippen molar-refractivity contribution < 1.29 is 4.79 Å². The first-order valence-electron chi connectivity index (χ1n) is 7.49. The zero-order chi connectivity index (χ0) is 15.6. The Hall–Kier alpha value is -1.65. The average Bonchev–Trinajstić information content (AvgIpc) is 2.81. The van der Waals surface area contributed by atoms with Crippen molar-refractivity contribution in [1.82, 2.24) is 9.47 Å². The Morgan fingerprint density at radius 2 is 2.10 bits per heavy atom. The highest BCUT2D eigenvalue weighted by molar-refractivity contribution is 5.96. The number of carbonyl (C=O) groups excluding carboxylic acids is 1. The van der Waals surface area contributed by atoms with Gasteiger partial charge in [0.05, 0.1) is 11.6 Å². The van der Waals surface area contributed by atoms with E-state index >= 15 is 0 Å². The number of aryl methyl sites for hydroxylation is 1. The van der Waals surface area contributed by atoms with E-state index in [2.05, 4.69) is 32.0 Å². The highest BCUT2D eigenvalue weighted by atomic mass is 16.2. The van der Waals surface area contributed by atoms with Crippen LogP contribution >= 0.6 is 0 Å². The molecule has 0 radical (unpaired) electrons. The molecule has 1 unspecified atom stereocenters. The maximum Gasteiger partial charge on any atom is 0.247 e. The van der Waals surface area contributed by atoms with Gasteiger partial charge in [-0.2, -0.15) is 0 Å². The van der Waals surface area contributed by atoms with Crippen LogP contribution < -0.4 is 5.73 Å². The summed E-state index contributed by atoms with van der Waals surface area (Å²) in [4.78, 5) is 14.6. The summed E-state index contributed by atoms with van der Waals surface area (Å²) in [7, 11) is 4.12. The third-order valence-electron chi connectivity index (χ3n) is 3.87. The maximum absolute atomic E-state index is 12.5. The molecule has 2 rings (SSSR count). The van der Waals surface area contributed by atoms with Gasteiger partial charge in [-0.15, -0.1) is 0 Å². The molecule has 1 atom stereocenters. The number of fused-ring (bicyclic) bond motifs is 1. The highest BCUT2D eigenvalue weighted by Gasteiger charge is 2.18. The molecule has 0 aliphatic heterocycles. The number of nitrogens with two attached hydrogens (primary N) is 1. The predicted molar refractivity (Wildman–Crippen MR) is 87.8 cm³/mol. The van der Waals surface area contributed by atoms with E-state index in [0.29, 0.717) is 6.42 Å². The molecule has 1 aromatic heterocycles. The molecule has 4 nitrogen and oxygen atoms in total. The molecule has 2 N–H and O–H groups in total. The lowest BCUT2D eigenvalue weighted by Crippen LogP contribution is -2.33. The second-order valence-electron chi connectivity index (χ2n) is 5.95. The number of benzene rings is 1. The second-order valence-corrected chi connectivity index (χ2v) is 5.95. The molecule has 2 aromatic rings. The van der Waals surface area contributed by atoms with Gasteiger partial charge in [0.2, 0.25) is 5.91 Å². The van der Waals surface area contributed by atoms with Crippen molar-refractivity contribution >= 4 is 16.8 Å². The minimum atomic E-state index is -0.441. The van der Waals surface area contributed by atoms with Gasteiger partial charge in [0.1, 0.15) is 0 Å². The maximum atomic E-state index is 12.5. The Kier molecular flexibility index (Phi) is 4.80. The summed E-state index contributed by atoms with van der Waals surface area (Å²) in [5.41, 5.74) is 9.30. The summed E-state index contributed by atoms with van der Waals surface area (Å²) in [6.07, 6.45) is 3.54. The molecule has 0 aliphatic rings. The van der Waals surface area contributed by atoms with E-state index in [-0.39, 0.29) is 5.91 Å². The number of aromatic nitrogens is 1. The summed E-state index contributed by atoms with van der Waals surface area (Å²) in [5.74, 6) is -0.0255. The van der Waals surface area contributed by atoms with Crippen molar-refractivity contribution in [1.29, 1.82) is 0 Å². The second kappa shape index (κ2) is 6.41. The molecule has 1 heterocycles. The van der Waals surface area contributed by atoms with Crippen molar-refractivity contribution in [2.24, 2.45) is 5.73 Å². The minimum absolute atomic E-state index is 0.0255. The van der Waals surface area contributed by atoms with E-state index in [9.17, 15) is 4.79 Å². The van der Waals surface area contributed by atoms with Crippen molar-refractivity contribution in [3.8, 4) is 0 Å². The fourth-order valence-electron chi connectivity index (χ4n) is 2.49. The molecule has 4 heteroatoms. The van der Waals surface area contributed by atoms with Crippen LogP contribution in [0.2, 0.25) is 0 Å². The summed E-state index contributed by atoms with van der Waals surface area (Å²) in [6.45, 7) is 4.97. The lowest BCUT2D eigenvalue weighted by molar-refractivity contribution is 0.0882. The fraction of sp³-hybridized carbons (Fsp3) is 0.471. The SMILES string of the molecule is CCC(N)C(=O)n1cc(CCN(C)C)c2cc(C)ccc21. The van der Waals surface area contributed by atoms with Crippen LogP contribution in [0.5, 0.6) is 0 Å². The van der Waals surface area contributed by atoms with Gasteiger partial charge in [0.15, 0.2) is 0 Å². The minimum Gasteiger partial charge on any atom is -0.320 e. The monoisotopic (exact) mass is 287 g/mol.